The molecule has 0 aliphatic rings. The molecule has 0 saturated carbocycles. The van der Waals surface area contributed by atoms with Crippen LogP contribution in [0.15, 0.2) is 45.0 Å². The third-order valence-corrected chi connectivity index (χ3v) is 5.02. The zero-order valence-electron chi connectivity index (χ0n) is 16.3. The maximum absolute atomic E-state index is 12.7. The largest absolute Gasteiger partial charge is 0.476 e. The first-order valence-corrected chi connectivity index (χ1v) is 9.15. The summed E-state index contributed by atoms with van der Waals surface area (Å²) in [7, 11) is 3.19. The number of carboxylic acids is 1. The molecule has 0 bridgehead atoms. The van der Waals surface area contributed by atoms with Crippen LogP contribution in [0, 0.1) is 0 Å². The molecule has 1 N–H and O–H groups in total. The average Bonchev–Trinajstić information content (AvgIpc) is 3.12. The highest BCUT2D eigenvalue weighted by atomic mass is 16.4. The number of carboxylic acid groups (broad SMARTS) is 1. The summed E-state index contributed by atoms with van der Waals surface area (Å²) >= 11 is 0. The van der Waals surface area contributed by atoms with E-state index in [1.807, 2.05) is 0 Å². The molecule has 3 aromatic heterocycles. The second kappa shape index (κ2) is 7.10. The van der Waals surface area contributed by atoms with Crippen molar-refractivity contribution in [3.8, 4) is 0 Å². The first-order chi connectivity index (χ1) is 14.3. The molecule has 3 heterocycles. The number of hydrogen-bond acceptors (Lipinski definition) is 6. The van der Waals surface area contributed by atoms with Gasteiger partial charge in [-0.05, 0) is 12.5 Å². The third kappa shape index (κ3) is 2.91. The molecule has 11 heteroatoms. The van der Waals surface area contributed by atoms with Crippen LogP contribution in [-0.4, -0.2) is 39.5 Å². The van der Waals surface area contributed by atoms with Gasteiger partial charge in [-0.1, -0.05) is 18.2 Å². The van der Waals surface area contributed by atoms with E-state index in [0.29, 0.717) is 11.2 Å². The van der Waals surface area contributed by atoms with Gasteiger partial charge < -0.3 is 9.67 Å². The van der Waals surface area contributed by atoms with Crippen molar-refractivity contribution in [1.82, 2.24) is 28.5 Å². The molecule has 154 valence electrons. The Bertz CT molecular complexity index is 1490. The van der Waals surface area contributed by atoms with Crippen LogP contribution in [-0.2, 0) is 27.2 Å². The monoisotopic (exact) mass is 410 g/mol. The first kappa shape index (κ1) is 19.3. The lowest BCUT2D eigenvalue weighted by Crippen LogP contribution is -2.40. The van der Waals surface area contributed by atoms with Gasteiger partial charge in [-0.2, -0.15) is 5.10 Å². The van der Waals surface area contributed by atoms with E-state index in [-0.39, 0.29) is 36.0 Å². The Morgan fingerprint density at radius 3 is 2.43 bits per heavy atom. The summed E-state index contributed by atoms with van der Waals surface area (Å²) < 4.78 is 4.97. The van der Waals surface area contributed by atoms with Gasteiger partial charge in [0.2, 0.25) is 0 Å². The summed E-state index contributed by atoms with van der Waals surface area (Å²) in [6.07, 6.45) is 1.69. The number of aromatic carboxylic acids is 1. The van der Waals surface area contributed by atoms with Gasteiger partial charge in [0.1, 0.15) is 0 Å². The van der Waals surface area contributed by atoms with Crippen LogP contribution in [0.2, 0.25) is 0 Å². The molecule has 4 aromatic rings. The van der Waals surface area contributed by atoms with E-state index >= 15 is 0 Å². The zero-order chi connectivity index (χ0) is 21.6. The number of aryl methyl sites for hydroxylation is 3. The van der Waals surface area contributed by atoms with Gasteiger partial charge in [-0.25, -0.2) is 19.3 Å². The van der Waals surface area contributed by atoms with Crippen molar-refractivity contribution in [2.75, 3.05) is 0 Å². The third-order valence-electron chi connectivity index (χ3n) is 5.02. The van der Waals surface area contributed by atoms with Crippen molar-refractivity contribution >= 4 is 27.9 Å². The van der Waals surface area contributed by atoms with E-state index in [2.05, 4.69) is 10.1 Å². The molecule has 4 rings (SSSR count). The Balaban J connectivity index is 1.70. The number of fused-ring (bicyclic) bond motifs is 2. The predicted molar refractivity (Wildman–Crippen MR) is 108 cm³/mol. The second-order valence-electron chi connectivity index (χ2n) is 6.91. The molecule has 0 radical (unpaired) electrons. The van der Waals surface area contributed by atoms with Crippen LogP contribution < -0.4 is 16.8 Å². The van der Waals surface area contributed by atoms with E-state index in [1.165, 1.54) is 24.0 Å². The van der Waals surface area contributed by atoms with Gasteiger partial charge in [-0.15, -0.1) is 0 Å². The van der Waals surface area contributed by atoms with Crippen LogP contribution in [0.1, 0.15) is 16.9 Å². The summed E-state index contributed by atoms with van der Waals surface area (Å²) in [5, 5.41) is 13.9. The molecular weight excluding hydrogens is 392 g/mol. The minimum absolute atomic E-state index is 0.0377. The van der Waals surface area contributed by atoms with Crippen LogP contribution in [0.4, 0.5) is 0 Å². The molecule has 0 saturated heterocycles. The van der Waals surface area contributed by atoms with E-state index in [4.69, 9.17) is 0 Å². The molecule has 0 aliphatic heterocycles. The van der Waals surface area contributed by atoms with E-state index in [9.17, 15) is 24.3 Å². The fraction of sp³-hybridized carbons (Fsp3) is 0.263. The smallest absolute Gasteiger partial charge is 0.357 e. The normalized spacial score (nSPS) is 11.4. The highest BCUT2D eigenvalue weighted by Crippen LogP contribution is 2.13. The maximum Gasteiger partial charge on any atom is 0.357 e. The molecule has 1 aromatic carbocycles. The van der Waals surface area contributed by atoms with Crippen molar-refractivity contribution in [3.63, 3.8) is 0 Å². The quantitative estimate of drug-likeness (QED) is 0.487. The van der Waals surface area contributed by atoms with E-state index in [1.54, 1.807) is 29.8 Å². The van der Waals surface area contributed by atoms with Gasteiger partial charge >= 0.3 is 11.7 Å². The van der Waals surface area contributed by atoms with Crippen molar-refractivity contribution in [2.45, 2.75) is 19.5 Å². The van der Waals surface area contributed by atoms with E-state index in [0.717, 1.165) is 9.25 Å². The summed E-state index contributed by atoms with van der Waals surface area (Å²) in [5.74, 6) is -1.24. The maximum atomic E-state index is 12.7. The molecule has 0 spiro atoms. The van der Waals surface area contributed by atoms with Gasteiger partial charge in [0.15, 0.2) is 16.9 Å². The Labute approximate surface area is 168 Å². The van der Waals surface area contributed by atoms with Crippen LogP contribution in [0.3, 0.4) is 0 Å². The van der Waals surface area contributed by atoms with Crippen molar-refractivity contribution in [1.29, 1.82) is 0 Å². The van der Waals surface area contributed by atoms with Crippen LogP contribution in [0.5, 0.6) is 0 Å². The lowest BCUT2D eigenvalue weighted by Gasteiger charge is -2.11. The summed E-state index contributed by atoms with van der Waals surface area (Å²) in [6, 6.07) is 6.35. The molecule has 30 heavy (non-hydrogen) atoms. The highest BCUT2D eigenvalue weighted by Gasteiger charge is 2.17. The predicted octanol–water partition coefficient (Wildman–Crippen LogP) is -0.0679. The summed E-state index contributed by atoms with van der Waals surface area (Å²) in [5.41, 5.74) is -1.06. The fourth-order valence-corrected chi connectivity index (χ4v) is 3.52. The molecule has 0 unspecified atom stereocenters. The topological polar surface area (TPSA) is 134 Å². The number of aromatic nitrogens is 6. The standard InChI is InChI=1S/C19H18N6O5/c1-22-10-20-15-14(22)17(27)24(19(30)23(15)2)8-5-9-25-16(26)12-7-4-3-6-11(12)13(21-25)18(28)29/h3-4,6-7,10H,5,8-9H2,1-2H3,(H,28,29). The van der Waals surface area contributed by atoms with Gasteiger partial charge in [0.25, 0.3) is 11.1 Å². The number of nitrogens with zero attached hydrogens (tertiary/aromatic N) is 6. The molecule has 0 aliphatic carbocycles. The lowest BCUT2D eigenvalue weighted by molar-refractivity contribution is 0.0690. The minimum Gasteiger partial charge on any atom is -0.476 e. The molecule has 0 fully saturated rings. The van der Waals surface area contributed by atoms with Crippen LogP contribution >= 0.6 is 0 Å². The fourth-order valence-electron chi connectivity index (χ4n) is 3.52. The Hall–Kier alpha value is -4.02. The second-order valence-corrected chi connectivity index (χ2v) is 6.91. The average molecular weight is 410 g/mol. The number of imidazole rings is 1. The zero-order valence-corrected chi connectivity index (χ0v) is 16.3. The number of carbonyl (C=O) groups is 1. The van der Waals surface area contributed by atoms with E-state index < -0.39 is 22.8 Å². The Morgan fingerprint density at radius 1 is 1.03 bits per heavy atom. The summed E-state index contributed by atoms with van der Waals surface area (Å²) in [6.45, 7) is 0.0823. The molecule has 0 amide bonds. The number of hydrogen-bond donors (Lipinski definition) is 1. The number of rotatable bonds is 5. The Morgan fingerprint density at radius 2 is 1.73 bits per heavy atom. The molecule has 0 atom stereocenters. The minimum atomic E-state index is -1.24. The van der Waals surface area contributed by atoms with Crippen molar-refractivity contribution in [2.24, 2.45) is 14.1 Å². The SMILES string of the molecule is Cn1cnc2c1c(=O)n(CCCn1nc(C(=O)O)c3ccccc3c1=O)c(=O)n2C. The highest BCUT2D eigenvalue weighted by molar-refractivity contribution is 6.01. The Kier molecular flexibility index (Phi) is 4.57. The number of benzene rings is 1. The van der Waals surface area contributed by atoms with Gasteiger partial charge in [-0.3, -0.25) is 18.7 Å². The van der Waals surface area contributed by atoms with Gasteiger partial charge in [0, 0.05) is 32.6 Å². The van der Waals surface area contributed by atoms with Crippen molar-refractivity contribution in [3.05, 3.63) is 67.5 Å². The van der Waals surface area contributed by atoms with Gasteiger partial charge in [0.05, 0.1) is 11.7 Å². The lowest BCUT2D eigenvalue weighted by atomic mass is 10.1. The van der Waals surface area contributed by atoms with Crippen molar-refractivity contribution < 1.29 is 9.90 Å². The summed E-state index contributed by atoms with van der Waals surface area (Å²) in [4.78, 5) is 53.6. The molecular formula is C19H18N6O5. The first-order valence-electron chi connectivity index (χ1n) is 9.15. The molecule has 11 nitrogen and oxygen atoms in total. The van der Waals surface area contributed by atoms with Crippen LogP contribution in [0.25, 0.3) is 21.9 Å².